The number of aromatic hydroxyl groups is 1. The van der Waals surface area contributed by atoms with Crippen molar-refractivity contribution in [2.75, 3.05) is 14.2 Å². The number of ketones is 2. The van der Waals surface area contributed by atoms with Crippen LogP contribution in [0.3, 0.4) is 0 Å². The maximum atomic E-state index is 13.7. The smallest absolute Gasteiger partial charge is 0.324 e. The van der Waals surface area contributed by atoms with E-state index in [-0.39, 0.29) is 34.4 Å². The Morgan fingerprint density at radius 1 is 0.824 bits per heavy atom. The molecule has 0 saturated heterocycles. The van der Waals surface area contributed by atoms with Crippen molar-refractivity contribution in [1.29, 1.82) is 0 Å². The van der Waals surface area contributed by atoms with Gasteiger partial charge in [-0.15, -0.1) is 0 Å². The molecule has 172 valence electrons. The lowest BCUT2D eigenvalue weighted by atomic mass is 9.68. The number of methoxy groups -OCH3 is 2. The molecule has 0 heterocycles. The Bertz CT molecular complexity index is 1280. The highest BCUT2D eigenvalue weighted by atomic mass is 16.5. The van der Waals surface area contributed by atoms with Gasteiger partial charge in [0, 0.05) is 35.1 Å². The molecule has 0 radical (unpaired) electrons. The summed E-state index contributed by atoms with van der Waals surface area (Å²) in [5.41, 5.74) is -0.504. The highest BCUT2D eigenvalue weighted by Gasteiger charge is 2.54. The van der Waals surface area contributed by atoms with Gasteiger partial charge in [0.1, 0.15) is 5.75 Å². The van der Waals surface area contributed by atoms with Gasteiger partial charge in [0.25, 0.3) is 0 Å². The van der Waals surface area contributed by atoms with Gasteiger partial charge in [-0.05, 0) is 17.2 Å². The van der Waals surface area contributed by atoms with E-state index >= 15 is 0 Å². The third kappa shape index (κ3) is 3.65. The van der Waals surface area contributed by atoms with Crippen LogP contribution >= 0.6 is 0 Å². The molecule has 0 spiro atoms. The van der Waals surface area contributed by atoms with E-state index in [0.29, 0.717) is 11.1 Å². The van der Waals surface area contributed by atoms with Gasteiger partial charge in [-0.1, -0.05) is 60.7 Å². The zero-order valence-electron chi connectivity index (χ0n) is 18.7. The van der Waals surface area contributed by atoms with Gasteiger partial charge in [0.2, 0.25) is 0 Å². The molecular formula is C27H22O7. The zero-order chi connectivity index (χ0) is 24.5. The minimum atomic E-state index is -1.90. The van der Waals surface area contributed by atoms with E-state index in [1.54, 1.807) is 60.7 Å². The first kappa shape index (κ1) is 22.9. The summed E-state index contributed by atoms with van der Waals surface area (Å²) in [4.78, 5) is 52.6. The van der Waals surface area contributed by atoms with Crippen molar-refractivity contribution in [2.24, 2.45) is 5.41 Å². The molecule has 34 heavy (non-hydrogen) atoms. The number of benzene rings is 3. The van der Waals surface area contributed by atoms with Crippen LogP contribution in [0, 0.1) is 5.41 Å². The van der Waals surface area contributed by atoms with Gasteiger partial charge in [0.05, 0.1) is 14.2 Å². The standard InChI is InChI=1S/C27H22O7/c1-33-25(31)27(26(32)34-2)14-18-13-19(28)21(16-9-5-3-6-10-16)23(22(18)20(29)15-27)24(30)17-11-7-4-8-12-17/h3-13,28H,14-15H2,1-2H3. The predicted octanol–water partition coefficient (Wildman–Crippen LogP) is 3.75. The van der Waals surface area contributed by atoms with Crippen molar-refractivity contribution in [3.05, 3.63) is 89.0 Å². The first-order valence-electron chi connectivity index (χ1n) is 10.6. The molecule has 3 aromatic carbocycles. The number of phenols is 1. The third-order valence-corrected chi connectivity index (χ3v) is 6.10. The van der Waals surface area contributed by atoms with Crippen LogP contribution in [-0.2, 0) is 25.5 Å². The van der Waals surface area contributed by atoms with E-state index in [1.807, 2.05) is 0 Å². The van der Waals surface area contributed by atoms with Crippen LogP contribution in [0.1, 0.15) is 38.3 Å². The summed E-state index contributed by atoms with van der Waals surface area (Å²) in [6, 6.07) is 18.5. The first-order chi connectivity index (χ1) is 16.3. The van der Waals surface area contributed by atoms with E-state index in [9.17, 15) is 24.3 Å². The Balaban J connectivity index is 2.02. The Hall–Kier alpha value is -4.26. The maximum Gasteiger partial charge on any atom is 0.324 e. The lowest BCUT2D eigenvalue weighted by Crippen LogP contribution is -2.47. The fourth-order valence-corrected chi connectivity index (χ4v) is 4.55. The second-order valence-electron chi connectivity index (χ2n) is 8.08. The normalized spacial score (nSPS) is 14.1. The van der Waals surface area contributed by atoms with Crippen LogP contribution in [0.4, 0.5) is 0 Å². The van der Waals surface area contributed by atoms with Crippen molar-refractivity contribution >= 4 is 23.5 Å². The molecule has 0 unspecified atom stereocenters. The van der Waals surface area contributed by atoms with Crippen LogP contribution in [-0.4, -0.2) is 42.8 Å². The molecule has 4 rings (SSSR count). The Morgan fingerprint density at radius 2 is 1.38 bits per heavy atom. The van der Waals surface area contributed by atoms with Gasteiger partial charge >= 0.3 is 11.9 Å². The highest BCUT2D eigenvalue weighted by molar-refractivity contribution is 6.22. The lowest BCUT2D eigenvalue weighted by Gasteiger charge is -2.33. The van der Waals surface area contributed by atoms with E-state index in [1.165, 1.54) is 6.07 Å². The van der Waals surface area contributed by atoms with Crippen molar-refractivity contribution in [1.82, 2.24) is 0 Å². The predicted molar refractivity (Wildman–Crippen MR) is 123 cm³/mol. The molecule has 1 N–H and O–H groups in total. The largest absolute Gasteiger partial charge is 0.507 e. The molecule has 0 bridgehead atoms. The van der Waals surface area contributed by atoms with E-state index in [4.69, 9.17) is 9.47 Å². The van der Waals surface area contributed by atoms with Crippen LogP contribution in [0.15, 0.2) is 66.7 Å². The summed E-state index contributed by atoms with van der Waals surface area (Å²) in [7, 11) is 2.24. The van der Waals surface area contributed by atoms with E-state index in [0.717, 1.165) is 14.2 Å². The average molecular weight is 458 g/mol. The van der Waals surface area contributed by atoms with Gasteiger partial charge in [-0.25, -0.2) is 0 Å². The number of ether oxygens (including phenoxy) is 2. The number of fused-ring (bicyclic) bond motifs is 1. The minimum Gasteiger partial charge on any atom is -0.507 e. The minimum absolute atomic E-state index is 0.0285. The SMILES string of the molecule is COC(=O)C1(C(=O)OC)CC(=O)c2c(cc(O)c(-c3ccccc3)c2C(=O)c2ccccc2)C1. The summed E-state index contributed by atoms with van der Waals surface area (Å²) < 4.78 is 9.66. The Morgan fingerprint density at radius 3 is 1.94 bits per heavy atom. The molecule has 1 aliphatic carbocycles. The quantitative estimate of drug-likeness (QED) is 0.352. The molecule has 3 aromatic rings. The van der Waals surface area contributed by atoms with Gasteiger partial charge < -0.3 is 14.6 Å². The number of carbonyl (C=O) groups excluding carboxylic acids is 4. The number of rotatable bonds is 5. The molecule has 0 amide bonds. The number of Topliss-reactive ketones (excluding diaryl/α,β-unsaturated/α-hetero) is 1. The Kier molecular flexibility index (Phi) is 6.03. The van der Waals surface area contributed by atoms with Crippen molar-refractivity contribution in [2.45, 2.75) is 12.8 Å². The molecule has 0 saturated carbocycles. The summed E-state index contributed by atoms with van der Waals surface area (Å²) >= 11 is 0. The second kappa shape index (κ2) is 8.94. The number of esters is 2. The maximum absolute atomic E-state index is 13.7. The van der Waals surface area contributed by atoms with Gasteiger partial charge in [-0.3, -0.25) is 19.2 Å². The zero-order valence-corrected chi connectivity index (χ0v) is 18.7. The number of phenolic OH excluding ortho intramolecular Hbond substituents is 1. The summed E-state index contributed by atoms with van der Waals surface area (Å²) in [6.45, 7) is 0. The number of hydrogen-bond acceptors (Lipinski definition) is 7. The van der Waals surface area contributed by atoms with Crippen LogP contribution in [0.25, 0.3) is 11.1 Å². The van der Waals surface area contributed by atoms with E-state index < -0.39 is 35.3 Å². The van der Waals surface area contributed by atoms with Gasteiger partial charge in [-0.2, -0.15) is 0 Å². The number of carbonyl (C=O) groups is 4. The fraction of sp³-hybridized carbons (Fsp3) is 0.185. The van der Waals surface area contributed by atoms with Gasteiger partial charge in [0.15, 0.2) is 17.0 Å². The van der Waals surface area contributed by atoms with E-state index in [2.05, 4.69) is 0 Å². The molecular weight excluding hydrogens is 436 g/mol. The van der Waals surface area contributed by atoms with Crippen LogP contribution in [0.2, 0.25) is 0 Å². The molecule has 0 atom stereocenters. The number of hydrogen-bond donors (Lipinski definition) is 1. The van der Waals surface area contributed by atoms with Crippen molar-refractivity contribution in [3.8, 4) is 16.9 Å². The van der Waals surface area contributed by atoms with Crippen LogP contribution < -0.4 is 0 Å². The fourth-order valence-electron chi connectivity index (χ4n) is 4.55. The monoisotopic (exact) mass is 458 g/mol. The lowest BCUT2D eigenvalue weighted by molar-refractivity contribution is -0.169. The van der Waals surface area contributed by atoms with Crippen molar-refractivity contribution < 1.29 is 33.8 Å². The summed E-state index contributed by atoms with van der Waals surface area (Å²) in [5.74, 6) is -3.12. The molecule has 0 aromatic heterocycles. The second-order valence-corrected chi connectivity index (χ2v) is 8.08. The van der Waals surface area contributed by atoms with Crippen LogP contribution in [0.5, 0.6) is 5.75 Å². The third-order valence-electron chi connectivity index (χ3n) is 6.10. The first-order valence-corrected chi connectivity index (χ1v) is 10.6. The summed E-state index contributed by atoms with van der Waals surface area (Å²) in [5, 5.41) is 11.0. The summed E-state index contributed by atoms with van der Waals surface area (Å²) in [6.07, 6.45) is -0.779. The molecule has 1 aliphatic rings. The highest BCUT2D eigenvalue weighted by Crippen LogP contribution is 2.45. The molecule has 0 aliphatic heterocycles. The molecule has 7 nitrogen and oxygen atoms in total. The molecule has 0 fully saturated rings. The topological polar surface area (TPSA) is 107 Å². The van der Waals surface area contributed by atoms with Crippen molar-refractivity contribution in [3.63, 3.8) is 0 Å². The molecule has 7 heteroatoms. The Labute approximate surface area is 195 Å². The average Bonchev–Trinajstić information content (AvgIpc) is 2.87.